The zero-order valence-electron chi connectivity index (χ0n) is 17.3. The van der Waals surface area contributed by atoms with Gasteiger partial charge in [-0.3, -0.25) is 9.59 Å². The third-order valence-electron chi connectivity index (χ3n) is 5.36. The van der Waals surface area contributed by atoms with Crippen LogP contribution in [0.1, 0.15) is 12.8 Å². The molecule has 7 nitrogen and oxygen atoms in total. The first-order valence-corrected chi connectivity index (χ1v) is 10.1. The molecular formula is C23H21ClO7. The van der Waals surface area contributed by atoms with Crippen LogP contribution in [-0.2, 0) is 9.53 Å². The molecule has 1 aliphatic carbocycles. The Morgan fingerprint density at radius 2 is 1.81 bits per heavy atom. The van der Waals surface area contributed by atoms with Crippen LogP contribution in [0.2, 0.25) is 5.02 Å². The van der Waals surface area contributed by atoms with Crippen molar-refractivity contribution in [1.29, 1.82) is 0 Å². The van der Waals surface area contributed by atoms with Gasteiger partial charge < -0.3 is 23.4 Å². The third-order valence-corrected chi connectivity index (χ3v) is 5.66. The molecule has 0 N–H and O–H groups in total. The van der Waals surface area contributed by atoms with Crippen molar-refractivity contribution in [1.82, 2.24) is 0 Å². The summed E-state index contributed by atoms with van der Waals surface area (Å²) in [4.78, 5) is 24.2. The Hall–Kier alpha value is -3.19. The van der Waals surface area contributed by atoms with E-state index in [1.807, 2.05) is 0 Å². The Bertz CT molecular complexity index is 1190. The van der Waals surface area contributed by atoms with Crippen LogP contribution in [-0.4, -0.2) is 33.4 Å². The summed E-state index contributed by atoms with van der Waals surface area (Å²) < 4.78 is 27.8. The lowest BCUT2D eigenvalue weighted by Crippen LogP contribution is -2.38. The Morgan fingerprint density at radius 3 is 2.48 bits per heavy atom. The summed E-state index contributed by atoms with van der Waals surface area (Å²) in [5, 5.41) is 0.744. The first kappa shape index (κ1) is 21.1. The third kappa shape index (κ3) is 3.93. The summed E-state index contributed by atoms with van der Waals surface area (Å²) in [6.07, 6.45) is 0.919. The van der Waals surface area contributed by atoms with Gasteiger partial charge in [0.25, 0.3) is 0 Å². The molecule has 0 atom stereocenters. The van der Waals surface area contributed by atoms with Crippen LogP contribution >= 0.6 is 11.6 Å². The summed E-state index contributed by atoms with van der Waals surface area (Å²) >= 11 is 6.23. The van der Waals surface area contributed by atoms with Crippen molar-refractivity contribution < 1.29 is 28.2 Å². The molecule has 0 bridgehead atoms. The first-order chi connectivity index (χ1) is 14.9. The number of esters is 1. The van der Waals surface area contributed by atoms with Gasteiger partial charge in [-0.2, -0.15) is 0 Å². The van der Waals surface area contributed by atoms with Gasteiger partial charge in [-0.05, 0) is 37.1 Å². The molecule has 1 heterocycles. The van der Waals surface area contributed by atoms with Gasteiger partial charge in [0.15, 0.2) is 22.5 Å². The number of carbonyl (C=O) groups excluding carboxylic acids is 1. The normalized spacial score (nSPS) is 17.7. The van der Waals surface area contributed by atoms with Crippen molar-refractivity contribution in [2.24, 2.45) is 5.92 Å². The van der Waals surface area contributed by atoms with E-state index in [0.717, 1.165) is 0 Å². The standard InChI is InChI=1S/C23H21ClO7/c1-27-19-9-12(18-11-17(25)15-5-4-6-16(24)21(15)31-18)10-20(22(19)28-2)30-14-7-13(8-14)23(26)29-3/h4-6,9-11,13-14H,7-8H2,1-3H3/t13-,14-. The van der Waals surface area contributed by atoms with E-state index in [2.05, 4.69) is 0 Å². The predicted octanol–water partition coefficient (Wildman–Crippen LogP) is 4.46. The van der Waals surface area contributed by atoms with E-state index in [0.29, 0.717) is 57.4 Å². The van der Waals surface area contributed by atoms with E-state index in [-0.39, 0.29) is 23.4 Å². The summed E-state index contributed by atoms with van der Waals surface area (Å²) in [7, 11) is 4.39. The number of benzene rings is 2. The maximum Gasteiger partial charge on any atom is 0.308 e. The summed E-state index contributed by atoms with van der Waals surface area (Å²) in [6.45, 7) is 0. The van der Waals surface area contributed by atoms with E-state index in [1.165, 1.54) is 27.4 Å². The monoisotopic (exact) mass is 444 g/mol. The molecule has 2 aromatic carbocycles. The van der Waals surface area contributed by atoms with Crippen LogP contribution in [0, 0.1) is 5.92 Å². The molecule has 0 amide bonds. The average molecular weight is 445 g/mol. The van der Waals surface area contributed by atoms with Crippen molar-refractivity contribution >= 4 is 28.5 Å². The van der Waals surface area contributed by atoms with E-state index in [4.69, 9.17) is 35.0 Å². The van der Waals surface area contributed by atoms with Crippen LogP contribution in [0.5, 0.6) is 17.2 Å². The second kappa shape index (κ2) is 8.51. The predicted molar refractivity (Wildman–Crippen MR) is 115 cm³/mol. The van der Waals surface area contributed by atoms with Gasteiger partial charge >= 0.3 is 5.97 Å². The zero-order valence-corrected chi connectivity index (χ0v) is 18.0. The summed E-state index contributed by atoms with van der Waals surface area (Å²) in [5.41, 5.74) is 0.662. The molecule has 31 heavy (non-hydrogen) atoms. The highest BCUT2D eigenvalue weighted by Gasteiger charge is 2.37. The Balaban J connectivity index is 1.73. The molecule has 1 fully saturated rings. The molecule has 4 rings (SSSR count). The molecule has 3 aromatic rings. The van der Waals surface area contributed by atoms with Crippen LogP contribution in [0.4, 0.5) is 0 Å². The molecule has 0 spiro atoms. The number of hydrogen-bond donors (Lipinski definition) is 0. The molecule has 8 heteroatoms. The van der Waals surface area contributed by atoms with Crippen molar-refractivity contribution in [2.45, 2.75) is 18.9 Å². The molecule has 0 saturated heterocycles. The van der Waals surface area contributed by atoms with Gasteiger partial charge in [0.1, 0.15) is 11.9 Å². The van der Waals surface area contributed by atoms with Crippen molar-refractivity contribution in [3.05, 3.63) is 51.6 Å². The highest BCUT2D eigenvalue weighted by atomic mass is 35.5. The van der Waals surface area contributed by atoms with Gasteiger partial charge in [0, 0.05) is 11.6 Å². The molecular weight excluding hydrogens is 424 g/mol. The van der Waals surface area contributed by atoms with Crippen molar-refractivity contribution in [2.75, 3.05) is 21.3 Å². The minimum absolute atomic E-state index is 0.170. The summed E-state index contributed by atoms with van der Waals surface area (Å²) in [5.74, 6) is 1.15. The van der Waals surface area contributed by atoms with Crippen LogP contribution in [0.15, 0.2) is 45.6 Å². The molecule has 0 unspecified atom stereocenters. The second-order valence-electron chi connectivity index (χ2n) is 7.23. The van der Waals surface area contributed by atoms with Gasteiger partial charge in [0.2, 0.25) is 5.75 Å². The molecule has 1 saturated carbocycles. The Kier molecular flexibility index (Phi) is 5.78. The number of rotatable bonds is 6. The van der Waals surface area contributed by atoms with E-state index >= 15 is 0 Å². The van der Waals surface area contributed by atoms with Crippen molar-refractivity contribution in [3.63, 3.8) is 0 Å². The Labute approximate surface area is 183 Å². The number of fused-ring (bicyclic) bond motifs is 1. The number of carbonyl (C=O) groups is 1. The molecule has 1 aliphatic rings. The smallest absolute Gasteiger partial charge is 0.308 e. The number of hydrogen-bond acceptors (Lipinski definition) is 7. The second-order valence-corrected chi connectivity index (χ2v) is 7.64. The molecule has 0 radical (unpaired) electrons. The molecule has 162 valence electrons. The fourth-order valence-electron chi connectivity index (χ4n) is 3.64. The largest absolute Gasteiger partial charge is 0.493 e. The fourth-order valence-corrected chi connectivity index (χ4v) is 3.86. The highest BCUT2D eigenvalue weighted by molar-refractivity contribution is 6.34. The SMILES string of the molecule is COc1cc(-c2cc(=O)c3cccc(Cl)c3o2)cc(O[C@H]2C[C@H](C(=O)OC)C2)c1OC. The number of ether oxygens (including phenoxy) is 4. The fraction of sp³-hybridized carbons (Fsp3) is 0.304. The minimum Gasteiger partial charge on any atom is -0.493 e. The van der Waals surface area contributed by atoms with Gasteiger partial charge in [0.05, 0.1) is 37.7 Å². The molecule has 0 aliphatic heterocycles. The van der Waals surface area contributed by atoms with Gasteiger partial charge in [-0.1, -0.05) is 17.7 Å². The van der Waals surface area contributed by atoms with Crippen LogP contribution in [0.3, 0.4) is 0 Å². The Morgan fingerprint density at radius 1 is 1.06 bits per heavy atom. The van der Waals surface area contributed by atoms with E-state index < -0.39 is 0 Å². The zero-order chi connectivity index (χ0) is 22.1. The average Bonchev–Trinajstić information content (AvgIpc) is 2.75. The molecule has 1 aromatic heterocycles. The lowest BCUT2D eigenvalue weighted by Gasteiger charge is -2.33. The van der Waals surface area contributed by atoms with Crippen LogP contribution < -0.4 is 19.6 Å². The van der Waals surface area contributed by atoms with Gasteiger partial charge in [-0.15, -0.1) is 0 Å². The minimum atomic E-state index is -0.243. The number of para-hydroxylation sites is 1. The number of halogens is 1. The van der Waals surface area contributed by atoms with E-state index in [9.17, 15) is 9.59 Å². The lowest BCUT2D eigenvalue weighted by molar-refractivity contribution is -0.151. The quantitative estimate of drug-likeness (QED) is 0.519. The number of methoxy groups -OCH3 is 3. The summed E-state index contributed by atoms with van der Waals surface area (Å²) in [6, 6.07) is 9.84. The lowest BCUT2D eigenvalue weighted by atomic mass is 9.82. The highest BCUT2D eigenvalue weighted by Crippen LogP contribution is 2.44. The van der Waals surface area contributed by atoms with Crippen molar-refractivity contribution in [3.8, 4) is 28.6 Å². The van der Waals surface area contributed by atoms with E-state index in [1.54, 1.807) is 30.3 Å². The maximum absolute atomic E-state index is 12.6. The maximum atomic E-state index is 12.6. The van der Waals surface area contributed by atoms with Crippen LogP contribution in [0.25, 0.3) is 22.3 Å². The topological polar surface area (TPSA) is 84.2 Å². The first-order valence-electron chi connectivity index (χ1n) is 9.68. The van der Waals surface area contributed by atoms with Gasteiger partial charge in [-0.25, -0.2) is 0 Å².